The van der Waals surface area contributed by atoms with E-state index < -0.39 is 6.04 Å². The number of amides is 3. The summed E-state index contributed by atoms with van der Waals surface area (Å²) in [6.45, 7) is 10.8. The Labute approximate surface area is 219 Å². The fourth-order valence-corrected chi connectivity index (χ4v) is 5.52. The van der Waals surface area contributed by atoms with Crippen molar-refractivity contribution in [1.82, 2.24) is 20.4 Å². The number of nitrogens with one attached hydrogen (secondary N) is 2. The van der Waals surface area contributed by atoms with E-state index in [-0.39, 0.29) is 47.7 Å². The van der Waals surface area contributed by atoms with Gasteiger partial charge in [0.1, 0.15) is 6.04 Å². The number of hydrogen-bond donors (Lipinski definition) is 2. The van der Waals surface area contributed by atoms with Crippen LogP contribution in [0.1, 0.15) is 98.8 Å². The molecule has 2 N–H and O–H groups in total. The maximum absolute atomic E-state index is 13.6. The van der Waals surface area contributed by atoms with Crippen LogP contribution in [0.3, 0.4) is 0 Å². The topological polar surface area (TPSA) is 81.8 Å². The van der Waals surface area contributed by atoms with Crippen molar-refractivity contribution in [3.05, 3.63) is 11.6 Å². The third-order valence-electron chi connectivity index (χ3n) is 8.00. The molecule has 3 atom stereocenters. The van der Waals surface area contributed by atoms with Crippen LogP contribution in [0, 0.1) is 11.8 Å². The Bertz CT molecular complexity index is 756. The van der Waals surface area contributed by atoms with Crippen LogP contribution in [0.2, 0.25) is 0 Å². The first-order chi connectivity index (χ1) is 17.0. The van der Waals surface area contributed by atoms with Gasteiger partial charge < -0.3 is 15.5 Å². The van der Waals surface area contributed by atoms with Crippen LogP contribution in [-0.2, 0) is 14.4 Å². The van der Waals surface area contributed by atoms with Gasteiger partial charge in [0, 0.05) is 18.7 Å². The molecule has 2 rings (SSSR count). The van der Waals surface area contributed by atoms with E-state index >= 15 is 0 Å². The summed E-state index contributed by atoms with van der Waals surface area (Å²) in [5, 5.41) is 6.29. The number of likely N-dealkylation sites (tertiary alicyclic amines) is 1. The van der Waals surface area contributed by atoms with Gasteiger partial charge in [-0.2, -0.15) is 0 Å². The van der Waals surface area contributed by atoms with Gasteiger partial charge in [-0.1, -0.05) is 72.3 Å². The molecular formula is C29H52N4O3. The van der Waals surface area contributed by atoms with Crippen LogP contribution in [0.25, 0.3) is 0 Å². The number of hydrogen-bond acceptors (Lipinski definition) is 4. The summed E-state index contributed by atoms with van der Waals surface area (Å²) in [4.78, 5) is 43.5. The lowest BCUT2D eigenvalue weighted by Gasteiger charge is -2.36. The smallest absolute Gasteiger partial charge is 0.246 e. The zero-order valence-corrected chi connectivity index (χ0v) is 23.9. The first-order valence-corrected chi connectivity index (χ1v) is 14.3. The van der Waals surface area contributed by atoms with Crippen molar-refractivity contribution in [3.63, 3.8) is 0 Å². The molecule has 1 heterocycles. The van der Waals surface area contributed by atoms with E-state index in [2.05, 4.69) is 29.4 Å². The van der Waals surface area contributed by atoms with Gasteiger partial charge in [-0.3, -0.25) is 19.3 Å². The Morgan fingerprint density at radius 1 is 0.889 bits per heavy atom. The summed E-state index contributed by atoms with van der Waals surface area (Å²) in [7, 11) is 3.77. The number of carbonyl (C=O) groups excluding carboxylic acids is 3. The van der Waals surface area contributed by atoms with Crippen LogP contribution in [-0.4, -0.2) is 72.3 Å². The highest BCUT2D eigenvalue weighted by Gasteiger charge is 2.34. The molecule has 2 aliphatic rings. The summed E-state index contributed by atoms with van der Waals surface area (Å²) in [6, 6.07) is -0.790. The lowest BCUT2D eigenvalue weighted by atomic mass is 9.95. The number of rotatable bonds is 9. The van der Waals surface area contributed by atoms with E-state index in [9.17, 15) is 14.4 Å². The molecule has 36 heavy (non-hydrogen) atoms. The molecule has 0 unspecified atom stereocenters. The Morgan fingerprint density at radius 3 is 2.03 bits per heavy atom. The van der Waals surface area contributed by atoms with Crippen LogP contribution in [0.4, 0.5) is 0 Å². The molecule has 0 bridgehead atoms. The SMILES string of the molecule is C/C(=C\[C@H](C(C)C)N(C)C(=O)[C@@H](NC(=O)[C@H]1CCCCN1C)C(C)C)C(=O)NC1CCCCCCC1. The van der Waals surface area contributed by atoms with E-state index in [1.165, 1.54) is 32.1 Å². The van der Waals surface area contributed by atoms with Gasteiger partial charge in [0.05, 0.1) is 12.1 Å². The molecule has 1 aliphatic carbocycles. The van der Waals surface area contributed by atoms with Crippen LogP contribution >= 0.6 is 0 Å². The molecular weight excluding hydrogens is 452 g/mol. The van der Waals surface area contributed by atoms with Crippen molar-refractivity contribution in [1.29, 1.82) is 0 Å². The number of carbonyl (C=O) groups is 3. The molecule has 2 fully saturated rings. The molecule has 3 amide bonds. The molecule has 0 aromatic heterocycles. The molecule has 206 valence electrons. The summed E-state index contributed by atoms with van der Waals surface area (Å²) >= 11 is 0. The number of nitrogens with zero attached hydrogens (tertiary/aromatic N) is 2. The van der Waals surface area contributed by atoms with Crippen molar-refractivity contribution in [3.8, 4) is 0 Å². The summed E-state index contributed by atoms with van der Waals surface area (Å²) < 4.78 is 0. The fourth-order valence-electron chi connectivity index (χ4n) is 5.52. The zero-order valence-electron chi connectivity index (χ0n) is 23.9. The number of likely N-dealkylation sites (N-methyl/N-ethyl adjacent to an activating group) is 2. The third kappa shape index (κ3) is 8.89. The van der Waals surface area contributed by atoms with Gasteiger partial charge in [0.15, 0.2) is 0 Å². The maximum Gasteiger partial charge on any atom is 0.246 e. The van der Waals surface area contributed by atoms with Crippen LogP contribution in [0.5, 0.6) is 0 Å². The second kappa shape index (κ2) is 14.7. The van der Waals surface area contributed by atoms with Gasteiger partial charge in [-0.25, -0.2) is 0 Å². The number of piperidine rings is 1. The molecule has 7 nitrogen and oxygen atoms in total. The molecule has 0 aromatic carbocycles. The average Bonchev–Trinajstić information content (AvgIpc) is 2.81. The van der Waals surface area contributed by atoms with Crippen LogP contribution in [0.15, 0.2) is 11.6 Å². The largest absolute Gasteiger partial charge is 0.350 e. The highest BCUT2D eigenvalue weighted by molar-refractivity contribution is 5.93. The molecule has 0 aromatic rings. The maximum atomic E-state index is 13.6. The van der Waals surface area contributed by atoms with E-state index in [1.54, 1.807) is 11.9 Å². The third-order valence-corrected chi connectivity index (χ3v) is 8.00. The minimum atomic E-state index is -0.600. The van der Waals surface area contributed by atoms with E-state index in [4.69, 9.17) is 0 Å². The molecule has 0 spiro atoms. The Morgan fingerprint density at radius 2 is 1.47 bits per heavy atom. The normalized spacial score (nSPS) is 22.5. The van der Waals surface area contributed by atoms with Gasteiger partial charge in [-0.05, 0) is 58.0 Å². The molecule has 1 aliphatic heterocycles. The van der Waals surface area contributed by atoms with E-state index in [0.29, 0.717) is 5.57 Å². The lowest BCUT2D eigenvalue weighted by molar-refractivity contribution is -0.139. The first-order valence-electron chi connectivity index (χ1n) is 14.3. The van der Waals surface area contributed by atoms with Crippen molar-refractivity contribution in [2.75, 3.05) is 20.6 Å². The van der Waals surface area contributed by atoms with Crippen LogP contribution < -0.4 is 10.6 Å². The first kappa shape index (κ1) is 30.3. The minimum Gasteiger partial charge on any atom is -0.350 e. The second-order valence-electron chi connectivity index (χ2n) is 11.8. The summed E-state index contributed by atoms with van der Waals surface area (Å²) in [5.74, 6) is -0.139. The molecule has 0 radical (unpaired) electrons. The van der Waals surface area contributed by atoms with Crippen molar-refractivity contribution < 1.29 is 14.4 Å². The molecule has 1 saturated heterocycles. The Kier molecular flexibility index (Phi) is 12.4. The lowest BCUT2D eigenvalue weighted by Crippen LogP contribution is -2.57. The summed E-state index contributed by atoms with van der Waals surface area (Å²) in [6.07, 6.45) is 13.1. The fraction of sp³-hybridized carbons (Fsp3) is 0.828. The second-order valence-corrected chi connectivity index (χ2v) is 11.8. The highest BCUT2D eigenvalue weighted by atomic mass is 16.2. The summed E-state index contributed by atoms with van der Waals surface area (Å²) in [5.41, 5.74) is 0.643. The van der Waals surface area contributed by atoms with Crippen molar-refractivity contribution >= 4 is 17.7 Å². The van der Waals surface area contributed by atoms with Crippen molar-refractivity contribution in [2.45, 2.75) is 123 Å². The quantitative estimate of drug-likeness (QED) is 0.460. The predicted octanol–water partition coefficient (Wildman–Crippen LogP) is 4.27. The van der Waals surface area contributed by atoms with Crippen molar-refractivity contribution in [2.24, 2.45) is 11.8 Å². The van der Waals surface area contributed by atoms with E-state index in [1.807, 2.05) is 33.9 Å². The monoisotopic (exact) mass is 504 g/mol. The average molecular weight is 505 g/mol. The Balaban J connectivity index is 2.09. The standard InChI is InChI=1S/C29H52N4O3/c1-20(2)25(19-22(5)27(34)30-23-15-11-9-8-10-12-16-23)33(7)29(36)26(21(3)4)31-28(35)24-17-13-14-18-32(24)6/h19-21,23-26H,8-18H2,1-7H3,(H,30,34)(H,31,35)/b22-19+/t24-,25-,26+/m1/s1. The predicted molar refractivity (Wildman–Crippen MR) is 146 cm³/mol. The van der Waals surface area contributed by atoms with E-state index in [0.717, 1.165) is 38.6 Å². The highest BCUT2D eigenvalue weighted by Crippen LogP contribution is 2.20. The van der Waals surface area contributed by atoms with Gasteiger partial charge >= 0.3 is 0 Å². The zero-order chi connectivity index (χ0) is 26.8. The minimum absolute atomic E-state index is 0.0406. The van der Waals surface area contributed by atoms with Gasteiger partial charge in [0.2, 0.25) is 17.7 Å². The molecule has 7 heteroatoms. The van der Waals surface area contributed by atoms with Gasteiger partial charge in [-0.15, -0.1) is 0 Å². The Hall–Kier alpha value is -1.89. The van der Waals surface area contributed by atoms with Gasteiger partial charge in [0.25, 0.3) is 0 Å². The molecule has 1 saturated carbocycles.